The summed E-state index contributed by atoms with van der Waals surface area (Å²) in [7, 11) is 1.40. The maximum absolute atomic E-state index is 11.7. The first-order valence-electron chi connectivity index (χ1n) is 5.60. The first-order chi connectivity index (χ1) is 8.72. The molecule has 0 aromatic carbocycles. The number of nitrogens with zero attached hydrogens (tertiary/aromatic N) is 2. The first kappa shape index (κ1) is 13.4. The van der Waals surface area contributed by atoms with Gasteiger partial charge in [0, 0.05) is 12.4 Å². The lowest BCUT2D eigenvalue weighted by Gasteiger charge is -2.29. The van der Waals surface area contributed by atoms with E-state index >= 15 is 0 Å². The van der Waals surface area contributed by atoms with Crippen LogP contribution in [0.25, 0.3) is 0 Å². The molecule has 1 aliphatic heterocycles. The van der Waals surface area contributed by atoms with Crippen molar-refractivity contribution in [2.24, 2.45) is 5.92 Å². The number of aromatic nitrogens is 2. The Morgan fingerprint density at radius 3 is 3.11 bits per heavy atom. The molecule has 0 radical (unpaired) electrons. The van der Waals surface area contributed by atoms with Crippen molar-refractivity contribution in [1.82, 2.24) is 9.55 Å². The van der Waals surface area contributed by atoms with Crippen LogP contribution in [0.5, 0.6) is 0 Å². The summed E-state index contributed by atoms with van der Waals surface area (Å²) in [6.07, 6.45) is 6.67. The van der Waals surface area contributed by atoms with Crippen LogP contribution in [0, 0.1) is 5.92 Å². The number of thiocarbonyl (C=S) groups is 1. The third-order valence-electron chi connectivity index (χ3n) is 2.71. The van der Waals surface area contributed by atoms with Crippen molar-refractivity contribution in [3.63, 3.8) is 0 Å². The largest absolute Gasteiger partial charge is 0.469 e. The van der Waals surface area contributed by atoms with E-state index in [4.69, 9.17) is 21.7 Å². The maximum Gasteiger partial charge on any atom is 0.313 e. The van der Waals surface area contributed by atoms with Gasteiger partial charge in [0.25, 0.3) is 5.17 Å². The van der Waals surface area contributed by atoms with Crippen LogP contribution in [0.2, 0.25) is 0 Å². The van der Waals surface area contributed by atoms with Crippen LogP contribution in [0.1, 0.15) is 12.8 Å². The summed E-state index contributed by atoms with van der Waals surface area (Å²) in [5, 5.41) is 0.306. The van der Waals surface area contributed by atoms with E-state index < -0.39 is 0 Å². The van der Waals surface area contributed by atoms with Gasteiger partial charge in [-0.1, -0.05) is 0 Å². The summed E-state index contributed by atoms with van der Waals surface area (Å²) in [6.45, 7) is 0. The molecule has 0 saturated carbocycles. The summed E-state index contributed by atoms with van der Waals surface area (Å²) < 4.78 is 12.1. The minimum absolute atomic E-state index is 0.236. The van der Waals surface area contributed by atoms with Gasteiger partial charge in [0.2, 0.25) is 0 Å². The quantitative estimate of drug-likeness (QED) is 0.609. The fourth-order valence-corrected chi connectivity index (χ4v) is 3.26. The summed E-state index contributed by atoms with van der Waals surface area (Å²) in [6, 6.07) is 0. The van der Waals surface area contributed by atoms with Gasteiger partial charge in [0.1, 0.15) is 12.2 Å². The predicted octanol–water partition coefficient (Wildman–Crippen LogP) is 1.67. The number of rotatable bonds is 2. The standard InChI is InChI=1S/C11H14N2O3S2/c1-15-9(14)8-3-2-6-18-10(8)16-11(17)13-5-4-12-7-13/h4-5,7-8,10H,2-3,6H2,1H3/t8-,10+/m0/s1. The zero-order valence-electron chi connectivity index (χ0n) is 9.94. The highest BCUT2D eigenvalue weighted by molar-refractivity contribution is 7.99. The molecule has 2 atom stereocenters. The number of thioether (sulfide) groups is 1. The molecular weight excluding hydrogens is 272 g/mol. The van der Waals surface area contributed by atoms with Crippen LogP contribution in [0.3, 0.4) is 0 Å². The van der Waals surface area contributed by atoms with Gasteiger partial charge in [-0.3, -0.25) is 9.36 Å². The molecule has 2 heterocycles. The lowest BCUT2D eigenvalue weighted by atomic mass is 10.0. The molecule has 1 aromatic rings. The van der Waals surface area contributed by atoms with Crippen LogP contribution in [-0.4, -0.2) is 39.0 Å². The third kappa shape index (κ3) is 3.02. The SMILES string of the molecule is COC(=O)[C@@H]1CCCS[C@H]1OC(=S)n1ccnc1. The summed E-state index contributed by atoms with van der Waals surface area (Å²) in [5.74, 6) is 0.473. The number of ether oxygens (including phenoxy) is 2. The Morgan fingerprint density at radius 2 is 2.44 bits per heavy atom. The molecule has 98 valence electrons. The molecule has 1 saturated heterocycles. The van der Waals surface area contributed by atoms with Crippen molar-refractivity contribution in [2.75, 3.05) is 12.9 Å². The fourth-order valence-electron chi connectivity index (χ4n) is 1.78. The maximum atomic E-state index is 11.7. The molecule has 0 N–H and O–H groups in total. The van der Waals surface area contributed by atoms with Gasteiger partial charge in [0.15, 0.2) is 5.44 Å². The number of imidazole rings is 1. The number of methoxy groups -OCH3 is 1. The Labute approximate surface area is 115 Å². The molecular formula is C11H14N2O3S2. The lowest BCUT2D eigenvalue weighted by Crippen LogP contribution is -2.35. The van der Waals surface area contributed by atoms with E-state index in [9.17, 15) is 4.79 Å². The van der Waals surface area contributed by atoms with Crippen LogP contribution in [0.15, 0.2) is 18.7 Å². The molecule has 0 amide bonds. The average molecular weight is 286 g/mol. The number of hydrogen-bond donors (Lipinski definition) is 0. The second-order valence-electron chi connectivity index (χ2n) is 3.86. The molecule has 1 aromatic heterocycles. The normalized spacial score (nSPS) is 23.4. The van der Waals surface area contributed by atoms with Crippen molar-refractivity contribution in [2.45, 2.75) is 18.3 Å². The molecule has 1 fully saturated rings. The topological polar surface area (TPSA) is 53.4 Å². The van der Waals surface area contributed by atoms with Gasteiger partial charge in [0.05, 0.1) is 7.11 Å². The highest BCUT2D eigenvalue weighted by atomic mass is 32.2. The highest BCUT2D eigenvalue weighted by Gasteiger charge is 2.34. The zero-order valence-corrected chi connectivity index (χ0v) is 11.6. The van der Waals surface area contributed by atoms with Crippen LogP contribution in [-0.2, 0) is 14.3 Å². The van der Waals surface area contributed by atoms with Gasteiger partial charge in [-0.2, -0.15) is 0 Å². The van der Waals surface area contributed by atoms with Gasteiger partial charge in [-0.15, -0.1) is 11.8 Å². The molecule has 18 heavy (non-hydrogen) atoms. The van der Waals surface area contributed by atoms with E-state index in [1.54, 1.807) is 35.0 Å². The third-order valence-corrected chi connectivity index (χ3v) is 4.29. The van der Waals surface area contributed by atoms with Gasteiger partial charge in [-0.25, -0.2) is 4.98 Å². The summed E-state index contributed by atoms with van der Waals surface area (Å²) in [4.78, 5) is 15.6. The Morgan fingerprint density at radius 1 is 1.61 bits per heavy atom. The van der Waals surface area contributed by atoms with Crippen LogP contribution < -0.4 is 0 Å². The minimum atomic E-state index is -0.277. The van der Waals surface area contributed by atoms with Crippen LogP contribution >= 0.6 is 24.0 Å². The molecule has 2 rings (SSSR count). The fraction of sp³-hybridized carbons (Fsp3) is 0.545. The first-order valence-corrected chi connectivity index (χ1v) is 7.06. The van der Waals surface area contributed by atoms with Crippen molar-refractivity contribution in [1.29, 1.82) is 0 Å². The zero-order chi connectivity index (χ0) is 13.0. The van der Waals surface area contributed by atoms with E-state index in [1.807, 2.05) is 0 Å². The Kier molecular flexibility index (Phi) is 4.60. The highest BCUT2D eigenvalue weighted by Crippen LogP contribution is 2.32. The van der Waals surface area contributed by atoms with Gasteiger partial charge in [-0.05, 0) is 30.8 Å². The van der Waals surface area contributed by atoms with Gasteiger partial charge < -0.3 is 9.47 Å². The van der Waals surface area contributed by atoms with E-state index in [0.29, 0.717) is 5.17 Å². The molecule has 0 aliphatic carbocycles. The van der Waals surface area contributed by atoms with E-state index in [2.05, 4.69) is 4.98 Å². The van der Waals surface area contributed by atoms with E-state index in [-0.39, 0.29) is 17.3 Å². The van der Waals surface area contributed by atoms with Crippen molar-refractivity contribution < 1.29 is 14.3 Å². The minimum Gasteiger partial charge on any atom is -0.469 e. The number of carbonyl (C=O) groups excluding carboxylic acids is 1. The van der Waals surface area contributed by atoms with Crippen molar-refractivity contribution in [3.05, 3.63) is 18.7 Å². The predicted molar refractivity (Wildman–Crippen MR) is 72.3 cm³/mol. The lowest BCUT2D eigenvalue weighted by molar-refractivity contribution is -0.147. The molecule has 0 spiro atoms. The molecule has 0 unspecified atom stereocenters. The summed E-state index contributed by atoms with van der Waals surface area (Å²) >= 11 is 6.76. The molecule has 5 nitrogen and oxygen atoms in total. The van der Waals surface area contributed by atoms with Crippen molar-refractivity contribution >= 4 is 35.1 Å². The Balaban J connectivity index is 2.01. The van der Waals surface area contributed by atoms with E-state index in [1.165, 1.54) is 7.11 Å². The Bertz CT molecular complexity index is 422. The second-order valence-corrected chi connectivity index (χ2v) is 5.42. The number of hydrogen-bond acceptors (Lipinski definition) is 6. The molecule has 7 heteroatoms. The van der Waals surface area contributed by atoms with Gasteiger partial charge >= 0.3 is 5.97 Å². The van der Waals surface area contributed by atoms with Crippen molar-refractivity contribution in [3.8, 4) is 0 Å². The second kappa shape index (κ2) is 6.19. The monoisotopic (exact) mass is 286 g/mol. The Hall–Kier alpha value is -1.08. The number of esters is 1. The summed E-state index contributed by atoms with van der Waals surface area (Å²) in [5.41, 5.74) is -0.277. The van der Waals surface area contributed by atoms with E-state index in [0.717, 1.165) is 18.6 Å². The molecule has 0 bridgehead atoms. The number of carbonyl (C=O) groups is 1. The smallest absolute Gasteiger partial charge is 0.313 e. The average Bonchev–Trinajstić information content (AvgIpc) is 2.92. The molecule has 1 aliphatic rings. The van der Waals surface area contributed by atoms with Crippen LogP contribution in [0.4, 0.5) is 0 Å².